The summed E-state index contributed by atoms with van der Waals surface area (Å²) in [5.41, 5.74) is 1.30. The smallest absolute Gasteiger partial charge is 0.268 e. The molecule has 0 atom stereocenters. The molecule has 1 aliphatic heterocycles. The summed E-state index contributed by atoms with van der Waals surface area (Å²) >= 11 is 2.50. The van der Waals surface area contributed by atoms with Gasteiger partial charge in [0.2, 0.25) is 0 Å². The second-order valence-electron chi connectivity index (χ2n) is 5.47. The molecule has 26 heavy (non-hydrogen) atoms. The summed E-state index contributed by atoms with van der Waals surface area (Å²) in [7, 11) is 0. The molecule has 1 fully saturated rings. The number of rotatable bonds is 5. The van der Waals surface area contributed by atoms with Crippen LogP contribution in [0.15, 0.2) is 58.3 Å². The predicted octanol–water partition coefficient (Wildman–Crippen LogP) is 4.55. The van der Waals surface area contributed by atoms with E-state index in [1.54, 1.807) is 23.9 Å². The maximum absolute atomic E-state index is 12.5. The Morgan fingerprint density at radius 1 is 1.19 bits per heavy atom. The molecule has 1 aliphatic rings. The molecular formula is C18H14N2O4S2. The van der Waals surface area contributed by atoms with Crippen molar-refractivity contribution in [1.29, 1.82) is 0 Å². The largest absolute Gasteiger partial charge is 0.293 e. The number of carbonyl (C=O) groups is 2. The Bertz CT molecular complexity index is 910. The molecule has 2 amide bonds. The molecule has 3 rings (SSSR count). The van der Waals surface area contributed by atoms with Crippen LogP contribution >= 0.6 is 23.5 Å². The van der Waals surface area contributed by atoms with Gasteiger partial charge in [-0.2, -0.15) is 0 Å². The number of nitro benzene ring substituents is 1. The van der Waals surface area contributed by atoms with Crippen LogP contribution in [0.25, 0.3) is 6.08 Å². The highest BCUT2D eigenvalue weighted by atomic mass is 32.2. The number of carbonyl (C=O) groups excluding carboxylic acids is 2. The minimum Gasteiger partial charge on any atom is -0.268 e. The van der Waals surface area contributed by atoms with Gasteiger partial charge in [0, 0.05) is 17.0 Å². The van der Waals surface area contributed by atoms with Gasteiger partial charge in [-0.3, -0.25) is 24.6 Å². The van der Waals surface area contributed by atoms with Crippen molar-refractivity contribution in [3.05, 3.63) is 74.7 Å². The summed E-state index contributed by atoms with van der Waals surface area (Å²) in [4.78, 5) is 37.7. The van der Waals surface area contributed by atoms with E-state index in [-0.39, 0.29) is 23.4 Å². The summed E-state index contributed by atoms with van der Waals surface area (Å²) in [6, 6.07) is 13.6. The molecule has 0 bridgehead atoms. The lowest BCUT2D eigenvalue weighted by Gasteiger charge is -2.12. The van der Waals surface area contributed by atoms with Gasteiger partial charge in [0.1, 0.15) is 0 Å². The van der Waals surface area contributed by atoms with Gasteiger partial charge in [0.25, 0.3) is 16.8 Å². The quantitative estimate of drug-likeness (QED) is 0.324. The summed E-state index contributed by atoms with van der Waals surface area (Å²) < 4.78 is 0. The van der Waals surface area contributed by atoms with E-state index in [2.05, 4.69) is 0 Å². The van der Waals surface area contributed by atoms with E-state index in [1.807, 2.05) is 30.5 Å². The van der Waals surface area contributed by atoms with Gasteiger partial charge < -0.3 is 0 Å². The number of hydrogen-bond donors (Lipinski definition) is 0. The molecule has 8 heteroatoms. The van der Waals surface area contributed by atoms with E-state index < -0.39 is 4.92 Å². The van der Waals surface area contributed by atoms with E-state index in [9.17, 15) is 19.7 Å². The predicted molar refractivity (Wildman–Crippen MR) is 103 cm³/mol. The molecule has 0 saturated carbocycles. The fraction of sp³-hybridized carbons (Fsp3) is 0.111. The minimum absolute atomic E-state index is 0.00903. The monoisotopic (exact) mass is 386 g/mol. The van der Waals surface area contributed by atoms with Crippen LogP contribution < -0.4 is 0 Å². The standard InChI is InChI=1S/C18H14N2O4S2/c1-25-15-7-5-12(6-8-15)10-16-17(21)19(18(22)26-16)11-13-3-2-4-14(9-13)20(23)24/h2-10H,11H2,1H3/b16-10+. The molecule has 0 spiro atoms. The molecule has 2 aromatic rings. The van der Waals surface area contributed by atoms with Crippen LogP contribution in [0.2, 0.25) is 0 Å². The molecule has 6 nitrogen and oxygen atoms in total. The van der Waals surface area contributed by atoms with Crippen molar-refractivity contribution >= 4 is 46.4 Å². The summed E-state index contributed by atoms with van der Waals surface area (Å²) in [6.07, 6.45) is 3.66. The Kier molecular flexibility index (Phi) is 5.43. The molecular weight excluding hydrogens is 372 g/mol. The van der Waals surface area contributed by atoms with Crippen LogP contribution in [0.4, 0.5) is 10.5 Å². The molecule has 0 radical (unpaired) electrons. The number of thioether (sulfide) groups is 2. The van der Waals surface area contributed by atoms with Crippen molar-refractivity contribution < 1.29 is 14.5 Å². The first-order valence-corrected chi connectivity index (χ1v) is 9.65. The zero-order valence-electron chi connectivity index (χ0n) is 13.7. The van der Waals surface area contributed by atoms with Gasteiger partial charge in [0.05, 0.1) is 16.4 Å². The second kappa shape index (κ2) is 7.76. The number of amides is 2. The Hall–Kier alpha value is -2.58. The van der Waals surface area contributed by atoms with Crippen molar-refractivity contribution in [2.75, 3.05) is 6.26 Å². The highest BCUT2D eigenvalue weighted by Gasteiger charge is 2.35. The first-order valence-electron chi connectivity index (χ1n) is 7.60. The van der Waals surface area contributed by atoms with Crippen molar-refractivity contribution in [3.63, 3.8) is 0 Å². The maximum atomic E-state index is 12.5. The SMILES string of the molecule is CSc1ccc(/C=C2/SC(=O)N(Cc3cccc([N+](=O)[O-])c3)C2=O)cc1. The Labute approximate surface area is 158 Å². The van der Waals surface area contributed by atoms with Gasteiger partial charge in [-0.05, 0) is 47.4 Å². The van der Waals surface area contributed by atoms with Gasteiger partial charge >= 0.3 is 0 Å². The van der Waals surface area contributed by atoms with Gasteiger partial charge in [-0.15, -0.1) is 11.8 Å². The third-order valence-electron chi connectivity index (χ3n) is 3.75. The average Bonchev–Trinajstić information content (AvgIpc) is 2.90. The number of imide groups is 1. The van der Waals surface area contributed by atoms with E-state index in [0.29, 0.717) is 10.5 Å². The second-order valence-corrected chi connectivity index (χ2v) is 7.34. The highest BCUT2D eigenvalue weighted by Crippen LogP contribution is 2.33. The molecule has 1 heterocycles. The third kappa shape index (κ3) is 3.97. The molecule has 0 N–H and O–H groups in total. The average molecular weight is 386 g/mol. The minimum atomic E-state index is -0.505. The van der Waals surface area contributed by atoms with Crippen LogP contribution in [0.5, 0.6) is 0 Å². The van der Waals surface area contributed by atoms with Crippen LogP contribution in [0, 0.1) is 10.1 Å². The molecule has 132 valence electrons. The Morgan fingerprint density at radius 2 is 1.92 bits per heavy atom. The maximum Gasteiger partial charge on any atom is 0.293 e. The number of non-ortho nitro benzene ring substituents is 1. The van der Waals surface area contributed by atoms with E-state index in [0.717, 1.165) is 27.1 Å². The first kappa shape index (κ1) is 18.2. The van der Waals surface area contributed by atoms with Crippen LogP contribution in [0.3, 0.4) is 0 Å². The number of nitro groups is 1. The van der Waals surface area contributed by atoms with Crippen LogP contribution in [-0.4, -0.2) is 27.2 Å². The first-order chi connectivity index (χ1) is 12.5. The summed E-state index contributed by atoms with van der Waals surface area (Å²) in [6.45, 7) is 0.00903. The molecule has 1 saturated heterocycles. The zero-order valence-corrected chi connectivity index (χ0v) is 15.4. The molecule has 0 aliphatic carbocycles. The lowest BCUT2D eigenvalue weighted by molar-refractivity contribution is -0.384. The van der Waals surface area contributed by atoms with Crippen molar-refractivity contribution in [2.45, 2.75) is 11.4 Å². The molecule has 0 unspecified atom stereocenters. The lowest BCUT2D eigenvalue weighted by Crippen LogP contribution is -2.27. The lowest BCUT2D eigenvalue weighted by atomic mass is 10.2. The van der Waals surface area contributed by atoms with Crippen LogP contribution in [0.1, 0.15) is 11.1 Å². The van der Waals surface area contributed by atoms with Gasteiger partial charge in [-0.25, -0.2) is 0 Å². The van der Waals surface area contributed by atoms with Crippen molar-refractivity contribution in [3.8, 4) is 0 Å². The van der Waals surface area contributed by atoms with Crippen molar-refractivity contribution in [1.82, 2.24) is 4.90 Å². The third-order valence-corrected chi connectivity index (χ3v) is 5.40. The topological polar surface area (TPSA) is 80.5 Å². The van der Waals surface area contributed by atoms with Gasteiger partial charge in [-0.1, -0.05) is 24.3 Å². The highest BCUT2D eigenvalue weighted by molar-refractivity contribution is 8.18. The fourth-order valence-corrected chi connectivity index (χ4v) is 3.69. The molecule has 2 aromatic carbocycles. The normalized spacial score (nSPS) is 15.7. The number of hydrogen-bond acceptors (Lipinski definition) is 6. The van der Waals surface area contributed by atoms with Gasteiger partial charge in [0.15, 0.2) is 0 Å². The fourth-order valence-electron chi connectivity index (χ4n) is 2.44. The number of nitrogens with zero attached hydrogens (tertiary/aromatic N) is 2. The Morgan fingerprint density at radius 3 is 2.58 bits per heavy atom. The van der Waals surface area contributed by atoms with E-state index in [1.165, 1.54) is 18.2 Å². The molecule has 0 aromatic heterocycles. The number of benzene rings is 2. The van der Waals surface area contributed by atoms with Crippen molar-refractivity contribution in [2.24, 2.45) is 0 Å². The van der Waals surface area contributed by atoms with E-state index >= 15 is 0 Å². The van der Waals surface area contributed by atoms with E-state index in [4.69, 9.17) is 0 Å². The summed E-state index contributed by atoms with van der Waals surface area (Å²) in [5, 5.41) is 10.5. The summed E-state index contributed by atoms with van der Waals surface area (Å²) in [5.74, 6) is -0.388. The zero-order chi connectivity index (χ0) is 18.7. The van der Waals surface area contributed by atoms with Crippen LogP contribution in [-0.2, 0) is 11.3 Å². The Balaban J connectivity index is 1.79.